The largest absolute Gasteiger partial charge is 0.327 e. The van der Waals surface area contributed by atoms with Crippen LogP contribution >= 0.6 is 23.3 Å². The number of thioether (sulfide) groups is 1. The van der Waals surface area contributed by atoms with Gasteiger partial charge in [-0.1, -0.05) is 24.6 Å². The number of nitrogens with zero attached hydrogens (tertiary/aromatic N) is 2. The van der Waals surface area contributed by atoms with E-state index in [9.17, 15) is 0 Å². The molecular weight excluding hydrogens is 214 g/mol. The van der Waals surface area contributed by atoms with E-state index in [4.69, 9.17) is 5.73 Å². The van der Waals surface area contributed by atoms with E-state index in [0.717, 1.165) is 16.6 Å². The van der Waals surface area contributed by atoms with Gasteiger partial charge in [-0.25, -0.2) is 4.98 Å². The second kappa shape index (κ2) is 4.59. The minimum absolute atomic E-state index is 0.345. The Morgan fingerprint density at radius 1 is 1.43 bits per heavy atom. The average Bonchev–Trinajstić information content (AvgIpc) is 2.56. The Bertz CT molecular complexity index is 300. The molecule has 1 aliphatic carbocycles. The van der Waals surface area contributed by atoms with Crippen LogP contribution in [0, 0.1) is 6.92 Å². The molecule has 2 atom stereocenters. The zero-order valence-corrected chi connectivity index (χ0v) is 9.90. The maximum atomic E-state index is 6.07. The number of rotatable bonds is 2. The van der Waals surface area contributed by atoms with Crippen molar-refractivity contribution in [3.05, 3.63) is 5.82 Å². The zero-order chi connectivity index (χ0) is 9.97. The molecule has 2 N–H and O–H groups in total. The van der Waals surface area contributed by atoms with Crippen molar-refractivity contribution >= 4 is 23.3 Å². The van der Waals surface area contributed by atoms with Crippen molar-refractivity contribution in [2.75, 3.05) is 0 Å². The standard InChI is InChI=1S/C9H15N3S2/c1-6-11-9(14-12-6)13-8-5-3-2-4-7(8)10/h7-8H,2-5,10H2,1H3. The van der Waals surface area contributed by atoms with Gasteiger partial charge in [-0.15, -0.1) is 0 Å². The SMILES string of the molecule is Cc1nsc(SC2CCCCC2N)n1. The molecule has 2 rings (SSSR count). The Labute approximate surface area is 92.7 Å². The minimum atomic E-state index is 0.345. The summed E-state index contributed by atoms with van der Waals surface area (Å²) in [6.45, 7) is 1.93. The van der Waals surface area contributed by atoms with Crippen LogP contribution in [0.1, 0.15) is 31.5 Å². The quantitative estimate of drug-likeness (QED) is 0.844. The predicted molar refractivity (Wildman–Crippen MR) is 60.7 cm³/mol. The van der Waals surface area contributed by atoms with Gasteiger partial charge in [0.25, 0.3) is 0 Å². The average molecular weight is 229 g/mol. The first-order valence-electron chi connectivity index (χ1n) is 4.98. The van der Waals surface area contributed by atoms with Crippen molar-refractivity contribution in [1.29, 1.82) is 0 Å². The second-order valence-electron chi connectivity index (χ2n) is 3.71. The van der Waals surface area contributed by atoms with Crippen LogP contribution in [0.15, 0.2) is 4.34 Å². The molecule has 1 heterocycles. The van der Waals surface area contributed by atoms with Crippen molar-refractivity contribution in [2.24, 2.45) is 5.73 Å². The molecule has 0 spiro atoms. The molecule has 0 bridgehead atoms. The Hall–Kier alpha value is -0.130. The van der Waals surface area contributed by atoms with Gasteiger partial charge in [0, 0.05) is 11.3 Å². The molecule has 1 saturated carbocycles. The minimum Gasteiger partial charge on any atom is -0.327 e. The van der Waals surface area contributed by atoms with Crippen LogP contribution in [0.5, 0.6) is 0 Å². The summed E-state index contributed by atoms with van der Waals surface area (Å²) in [5.41, 5.74) is 6.07. The van der Waals surface area contributed by atoms with E-state index in [2.05, 4.69) is 9.36 Å². The zero-order valence-electron chi connectivity index (χ0n) is 8.27. The number of aryl methyl sites for hydroxylation is 1. The van der Waals surface area contributed by atoms with Gasteiger partial charge < -0.3 is 5.73 Å². The molecule has 78 valence electrons. The highest BCUT2D eigenvalue weighted by molar-refractivity contribution is 8.01. The molecule has 0 saturated heterocycles. The summed E-state index contributed by atoms with van der Waals surface area (Å²) in [7, 11) is 0. The van der Waals surface area contributed by atoms with Crippen molar-refractivity contribution in [3.8, 4) is 0 Å². The fourth-order valence-electron chi connectivity index (χ4n) is 1.73. The molecule has 1 aromatic heterocycles. The molecule has 2 unspecified atom stereocenters. The lowest BCUT2D eigenvalue weighted by Crippen LogP contribution is -2.35. The first kappa shape index (κ1) is 10.4. The Balaban J connectivity index is 1.95. The summed E-state index contributed by atoms with van der Waals surface area (Å²) >= 11 is 3.30. The Kier molecular flexibility index (Phi) is 3.41. The van der Waals surface area contributed by atoms with E-state index in [1.54, 1.807) is 0 Å². The second-order valence-corrected chi connectivity index (χ2v) is 5.95. The monoisotopic (exact) mass is 229 g/mol. The lowest BCUT2D eigenvalue weighted by atomic mass is 9.96. The van der Waals surface area contributed by atoms with Crippen molar-refractivity contribution < 1.29 is 0 Å². The molecule has 5 heteroatoms. The van der Waals surface area contributed by atoms with Crippen molar-refractivity contribution in [2.45, 2.75) is 48.2 Å². The smallest absolute Gasteiger partial charge is 0.170 e. The summed E-state index contributed by atoms with van der Waals surface area (Å²) in [4.78, 5) is 4.35. The summed E-state index contributed by atoms with van der Waals surface area (Å²) in [6, 6.07) is 0.345. The lowest BCUT2D eigenvalue weighted by molar-refractivity contribution is 0.453. The van der Waals surface area contributed by atoms with E-state index in [1.165, 1.54) is 30.8 Å². The maximum Gasteiger partial charge on any atom is 0.170 e. The normalized spacial score (nSPS) is 27.9. The van der Waals surface area contributed by atoms with E-state index in [1.807, 2.05) is 18.7 Å². The lowest BCUT2D eigenvalue weighted by Gasteiger charge is -2.26. The predicted octanol–water partition coefficient (Wildman–Crippen LogP) is 2.21. The summed E-state index contributed by atoms with van der Waals surface area (Å²) in [5, 5.41) is 0.552. The number of hydrogen-bond acceptors (Lipinski definition) is 5. The first-order chi connectivity index (χ1) is 6.75. The Morgan fingerprint density at radius 3 is 2.86 bits per heavy atom. The Morgan fingerprint density at radius 2 is 2.21 bits per heavy atom. The van der Waals surface area contributed by atoms with E-state index >= 15 is 0 Å². The van der Waals surface area contributed by atoms with Crippen LogP contribution in [-0.4, -0.2) is 20.6 Å². The molecule has 3 nitrogen and oxygen atoms in total. The third-order valence-electron chi connectivity index (χ3n) is 2.51. The number of hydrogen-bond donors (Lipinski definition) is 1. The molecule has 0 radical (unpaired) electrons. The van der Waals surface area contributed by atoms with Gasteiger partial charge in [-0.2, -0.15) is 4.37 Å². The van der Waals surface area contributed by atoms with Crippen molar-refractivity contribution in [3.63, 3.8) is 0 Å². The highest BCUT2D eigenvalue weighted by Crippen LogP contribution is 2.33. The summed E-state index contributed by atoms with van der Waals surface area (Å²) in [6.07, 6.45) is 4.98. The van der Waals surface area contributed by atoms with Gasteiger partial charge in [0.15, 0.2) is 4.34 Å². The molecule has 1 fully saturated rings. The molecule has 1 aliphatic rings. The van der Waals surface area contributed by atoms with E-state index in [0.29, 0.717) is 11.3 Å². The van der Waals surface area contributed by atoms with Gasteiger partial charge in [0.2, 0.25) is 0 Å². The maximum absolute atomic E-state index is 6.07. The van der Waals surface area contributed by atoms with Gasteiger partial charge in [-0.3, -0.25) is 0 Å². The molecule has 0 aromatic carbocycles. The number of nitrogens with two attached hydrogens (primary N) is 1. The molecular formula is C9H15N3S2. The highest BCUT2D eigenvalue weighted by atomic mass is 32.2. The van der Waals surface area contributed by atoms with Crippen LogP contribution in [0.2, 0.25) is 0 Å². The molecule has 1 aromatic rings. The first-order valence-corrected chi connectivity index (χ1v) is 6.63. The van der Waals surface area contributed by atoms with E-state index < -0.39 is 0 Å². The van der Waals surface area contributed by atoms with Gasteiger partial charge in [0.1, 0.15) is 5.82 Å². The summed E-state index contributed by atoms with van der Waals surface area (Å²) in [5.74, 6) is 0.877. The molecule has 0 aliphatic heterocycles. The summed E-state index contributed by atoms with van der Waals surface area (Å²) < 4.78 is 5.25. The highest BCUT2D eigenvalue weighted by Gasteiger charge is 2.23. The van der Waals surface area contributed by atoms with Crippen LogP contribution in [-0.2, 0) is 0 Å². The van der Waals surface area contributed by atoms with Crippen LogP contribution in [0.4, 0.5) is 0 Å². The third-order valence-corrected chi connectivity index (χ3v) is 4.81. The molecule has 14 heavy (non-hydrogen) atoms. The van der Waals surface area contributed by atoms with E-state index in [-0.39, 0.29) is 0 Å². The molecule has 0 amide bonds. The topological polar surface area (TPSA) is 51.8 Å². The van der Waals surface area contributed by atoms with Gasteiger partial charge in [0.05, 0.1) is 0 Å². The third kappa shape index (κ3) is 2.46. The van der Waals surface area contributed by atoms with Gasteiger partial charge >= 0.3 is 0 Å². The van der Waals surface area contributed by atoms with Crippen LogP contribution in [0.3, 0.4) is 0 Å². The number of aromatic nitrogens is 2. The van der Waals surface area contributed by atoms with Gasteiger partial charge in [-0.05, 0) is 31.3 Å². The van der Waals surface area contributed by atoms with Crippen molar-refractivity contribution in [1.82, 2.24) is 9.36 Å². The van der Waals surface area contributed by atoms with Crippen LogP contribution in [0.25, 0.3) is 0 Å². The fraction of sp³-hybridized carbons (Fsp3) is 0.778. The van der Waals surface area contributed by atoms with Crippen LogP contribution < -0.4 is 5.73 Å². The fourth-order valence-corrected chi connectivity index (χ4v) is 3.85.